The Balaban J connectivity index is 2.07. The van der Waals surface area contributed by atoms with Crippen LogP contribution in [0.15, 0.2) is 48.5 Å². The second-order valence-corrected chi connectivity index (χ2v) is 4.00. The van der Waals surface area contributed by atoms with E-state index in [0.717, 1.165) is 5.56 Å². The van der Waals surface area contributed by atoms with Gasteiger partial charge >= 0.3 is 0 Å². The van der Waals surface area contributed by atoms with Crippen LogP contribution in [0, 0.1) is 0 Å². The first kappa shape index (κ1) is 12.8. The largest absolute Gasteiger partial charge is 0.508 e. The Bertz CT molecular complexity index is 608. The second kappa shape index (κ2) is 5.82. The minimum Gasteiger partial charge on any atom is -0.508 e. The zero-order chi connectivity index (χ0) is 13.7. The van der Waals surface area contributed by atoms with E-state index in [0.29, 0.717) is 0 Å². The standard InChI is InChI=1S/C15H12NO3/c17-10-12-5-1-2-7-14(12)15(19)16-9-11-4-3-6-13(18)8-11/h1-8,18H,9H2,(H,16,19). The molecule has 0 spiro atoms. The Morgan fingerprint density at radius 2 is 1.95 bits per heavy atom. The van der Waals surface area contributed by atoms with Gasteiger partial charge in [-0.05, 0) is 23.8 Å². The van der Waals surface area contributed by atoms with E-state index in [1.165, 1.54) is 6.07 Å². The van der Waals surface area contributed by atoms with Gasteiger partial charge in [-0.1, -0.05) is 30.3 Å². The van der Waals surface area contributed by atoms with Crippen molar-refractivity contribution in [2.75, 3.05) is 0 Å². The molecule has 2 aromatic rings. The van der Waals surface area contributed by atoms with E-state index in [4.69, 9.17) is 0 Å². The van der Waals surface area contributed by atoms with Gasteiger partial charge in [0.05, 0.1) is 5.56 Å². The number of carbonyl (C=O) groups is 1. The van der Waals surface area contributed by atoms with Crippen LogP contribution in [0.25, 0.3) is 0 Å². The topological polar surface area (TPSA) is 66.4 Å². The maximum absolute atomic E-state index is 11.9. The average molecular weight is 254 g/mol. The van der Waals surface area contributed by atoms with E-state index in [-0.39, 0.29) is 29.3 Å². The highest BCUT2D eigenvalue weighted by Crippen LogP contribution is 2.11. The van der Waals surface area contributed by atoms with Crippen molar-refractivity contribution in [2.45, 2.75) is 6.54 Å². The summed E-state index contributed by atoms with van der Waals surface area (Å²) in [6.07, 6.45) is 1.73. The fourth-order valence-electron chi connectivity index (χ4n) is 1.71. The zero-order valence-electron chi connectivity index (χ0n) is 10.1. The molecular weight excluding hydrogens is 242 g/mol. The molecular formula is C15H12NO3. The Morgan fingerprint density at radius 3 is 2.68 bits per heavy atom. The number of aromatic hydroxyl groups is 1. The van der Waals surface area contributed by atoms with Crippen LogP contribution in [0.4, 0.5) is 0 Å². The van der Waals surface area contributed by atoms with Gasteiger partial charge in [-0.25, -0.2) is 0 Å². The molecule has 0 aliphatic rings. The lowest BCUT2D eigenvalue weighted by molar-refractivity contribution is 0.0950. The van der Waals surface area contributed by atoms with Gasteiger partial charge in [0, 0.05) is 12.1 Å². The number of phenolic OH excluding ortho intramolecular Hbond substituents is 1. The molecule has 2 rings (SSSR count). The summed E-state index contributed by atoms with van der Waals surface area (Å²) in [5.74, 6) is -0.198. The second-order valence-electron chi connectivity index (χ2n) is 4.00. The molecule has 1 radical (unpaired) electrons. The predicted octanol–water partition coefficient (Wildman–Crippen LogP) is 1.78. The van der Waals surface area contributed by atoms with Crippen molar-refractivity contribution < 1.29 is 14.7 Å². The molecule has 1 amide bonds. The van der Waals surface area contributed by atoms with Crippen LogP contribution in [0.1, 0.15) is 21.5 Å². The number of benzene rings is 2. The maximum atomic E-state index is 11.9. The van der Waals surface area contributed by atoms with Gasteiger partial charge in [-0.2, -0.15) is 0 Å². The van der Waals surface area contributed by atoms with Crippen molar-refractivity contribution >= 4 is 12.2 Å². The van der Waals surface area contributed by atoms with E-state index in [9.17, 15) is 14.7 Å². The summed E-state index contributed by atoms with van der Waals surface area (Å²) in [7, 11) is 0. The summed E-state index contributed by atoms with van der Waals surface area (Å²) in [5.41, 5.74) is 1.30. The number of hydrogen-bond acceptors (Lipinski definition) is 3. The first-order valence-corrected chi connectivity index (χ1v) is 5.74. The van der Waals surface area contributed by atoms with Crippen LogP contribution in [-0.4, -0.2) is 17.3 Å². The molecule has 0 aromatic heterocycles. The molecule has 0 aliphatic heterocycles. The Labute approximate surface area is 110 Å². The van der Waals surface area contributed by atoms with Crippen molar-refractivity contribution in [3.05, 3.63) is 65.2 Å². The van der Waals surface area contributed by atoms with Gasteiger partial charge in [0.25, 0.3) is 5.91 Å². The van der Waals surface area contributed by atoms with Crippen LogP contribution >= 0.6 is 0 Å². The fraction of sp³-hybridized carbons (Fsp3) is 0.0667. The predicted molar refractivity (Wildman–Crippen MR) is 70.5 cm³/mol. The number of phenols is 1. The Hall–Kier alpha value is -2.62. The van der Waals surface area contributed by atoms with Gasteiger partial charge in [0.1, 0.15) is 5.75 Å². The molecule has 0 aliphatic carbocycles. The van der Waals surface area contributed by atoms with Crippen LogP contribution in [-0.2, 0) is 11.3 Å². The molecule has 0 atom stereocenters. The third kappa shape index (κ3) is 3.19. The van der Waals surface area contributed by atoms with Gasteiger partial charge in [0.15, 0.2) is 0 Å². The maximum Gasteiger partial charge on any atom is 0.252 e. The lowest BCUT2D eigenvalue weighted by atomic mass is 10.1. The summed E-state index contributed by atoms with van der Waals surface area (Å²) < 4.78 is 0. The van der Waals surface area contributed by atoms with Crippen molar-refractivity contribution in [1.29, 1.82) is 0 Å². The molecule has 0 heterocycles. The molecule has 2 aromatic carbocycles. The van der Waals surface area contributed by atoms with E-state index in [1.54, 1.807) is 48.8 Å². The molecule has 0 saturated heterocycles. The molecule has 95 valence electrons. The number of carbonyl (C=O) groups excluding carboxylic acids is 2. The molecule has 0 fully saturated rings. The van der Waals surface area contributed by atoms with E-state index in [1.807, 2.05) is 0 Å². The molecule has 4 heteroatoms. The van der Waals surface area contributed by atoms with E-state index < -0.39 is 0 Å². The minimum absolute atomic E-state index is 0.147. The van der Waals surface area contributed by atoms with Gasteiger partial charge in [0.2, 0.25) is 6.29 Å². The highest BCUT2D eigenvalue weighted by Gasteiger charge is 2.10. The number of rotatable bonds is 4. The molecule has 0 bridgehead atoms. The number of hydrogen-bond donors (Lipinski definition) is 2. The van der Waals surface area contributed by atoms with Crippen LogP contribution in [0.3, 0.4) is 0 Å². The summed E-state index contributed by atoms with van der Waals surface area (Å²) >= 11 is 0. The average Bonchev–Trinajstić information content (AvgIpc) is 2.45. The molecule has 0 saturated carbocycles. The summed E-state index contributed by atoms with van der Waals surface area (Å²) in [5, 5.41) is 12.0. The van der Waals surface area contributed by atoms with E-state index >= 15 is 0 Å². The molecule has 19 heavy (non-hydrogen) atoms. The first-order chi connectivity index (χ1) is 9.20. The number of amides is 1. The lowest BCUT2D eigenvalue weighted by Gasteiger charge is -2.07. The van der Waals surface area contributed by atoms with Gasteiger partial charge in [-0.15, -0.1) is 0 Å². The Kier molecular flexibility index (Phi) is 3.93. The zero-order valence-corrected chi connectivity index (χ0v) is 10.1. The summed E-state index contributed by atoms with van der Waals surface area (Å²) in [6.45, 7) is 0.278. The van der Waals surface area contributed by atoms with Crippen LogP contribution < -0.4 is 5.32 Å². The van der Waals surface area contributed by atoms with Crippen LogP contribution in [0.2, 0.25) is 0 Å². The number of nitrogens with one attached hydrogen (secondary N) is 1. The van der Waals surface area contributed by atoms with Crippen LogP contribution in [0.5, 0.6) is 5.75 Å². The normalized spacial score (nSPS) is 9.89. The quantitative estimate of drug-likeness (QED) is 0.874. The Morgan fingerprint density at radius 1 is 1.16 bits per heavy atom. The van der Waals surface area contributed by atoms with Crippen molar-refractivity contribution in [1.82, 2.24) is 5.32 Å². The SMILES string of the molecule is O=[C]c1ccccc1C(=O)NCc1cccc(O)c1. The lowest BCUT2D eigenvalue weighted by Crippen LogP contribution is -2.23. The van der Waals surface area contributed by atoms with E-state index in [2.05, 4.69) is 5.32 Å². The monoisotopic (exact) mass is 254 g/mol. The van der Waals surface area contributed by atoms with Crippen molar-refractivity contribution in [2.24, 2.45) is 0 Å². The smallest absolute Gasteiger partial charge is 0.252 e. The molecule has 2 N–H and O–H groups in total. The third-order valence-electron chi connectivity index (χ3n) is 2.65. The molecule has 4 nitrogen and oxygen atoms in total. The minimum atomic E-state index is -0.345. The first-order valence-electron chi connectivity index (χ1n) is 5.74. The van der Waals surface area contributed by atoms with Gasteiger partial charge < -0.3 is 10.4 Å². The molecule has 0 unspecified atom stereocenters. The third-order valence-corrected chi connectivity index (χ3v) is 2.65. The van der Waals surface area contributed by atoms with Crippen molar-refractivity contribution in [3.8, 4) is 5.75 Å². The summed E-state index contributed by atoms with van der Waals surface area (Å²) in [4.78, 5) is 22.6. The van der Waals surface area contributed by atoms with Gasteiger partial charge in [-0.3, -0.25) is 9.59 Å². The highest BCUT2D eigenvalue weighted by molar-refractivity contribution is 6.01. The highest BCUT2D eigenvalue weighted by atomic mass is 16.3. The fourth-order valence-corrected chi connectivity index (χ4v) is 1.71. The summed E-state index contributed by atoms with van der Waals surface area (Å²) in [6, 6.07) is 13.1. The van der Waals surface area contributed by atoms with Crippen molar-refractivity contribution in [3.63, 3.8) is 0 Å².